The molecule has 0 bridgehead atoms. The molecule has 1 aliphatic rings. The minimum Gasteiger partial charge on any atom is -0.461 e. The molecule has 1 amide bonds. The van der Waals surface area contributed by atoms with Crippen molar-refractivity contribution in [2.24, 2.45) is 0 Å². The number of hydrogen-bond acceptors (Lipinski definition) is 6. The van der Waals surface area contributed by atoms with Crippen LogP contribution >= 0.6 is 0 Å². The van der Waals surface area contributed by atoms with Crippen molar-refractivity contribution >= 4 is 18.0 Å². The van der Waals surface area contributed by atoms with Crippen LogP contribution in [0.25, 0.3) is 11.1 Å². The van der Waals surface area contributed by atoms with E-state index in [0.29, 0.717) is 0 Å². The third-order valence-corrected chi connectivity index (χ3v) is 12.8. The molecule has 2 unspecified atom stereocenters. The van der Waals surface area contributed by atoms with Crippen LogP contribution in [-0.4, -0.2) is 42.4 Å². The monoisotopic (exact) mass is 912 g/mol. The maximum Gasteiger partial charge on any atom is 0.407 e. The van der Waals surface area contributed by atoms with Crippen LogP contribution in [0.4, 0.5) is 4.79 Å². The molecule has 2 aromatic carbocycles. The number of allylic oxidation sites excluding steroid dienone is 4. The summed E-state index contributed by atoms with van der Waals surface area (Å²) < 4.78 is 17.6. The molecule has 7 heteroatoms. The average molecular weight is 912 g/mol. The lowest BCUT2D eigenvalue weighted by atomic mass is 9.98. The number of alkyl carbamates (subject to hydrolysis) is 1. The van der Waals surface area contributed by atoms with Crippen molar-refractivity contribution in [3.8, 4) is 11.1 Å². The molecule has 3 rings (SSSR count). The quantitative estimate of drug-likeness (QED) is 0.0312. The number of amides is 1. The van der Waals surface area contributed by atoms with Crippen molar-refractivity contribution in [2.75, 3.05) is 6.61 Å². The van der Waals surface area contributed by atoms with Gasteiger partial charge in [-0.15, -0.1) is 0 Å². The molecule has 0 saturated carbocycles. The summed E-state index contributed by atoms with van der Waals surface area (Å²) in [4.78, 5) is 40.6. The van der Waals surface area contributed by atoms with Crippen LogP contribution in [0.1, 0.15) is 244 Å². The van der Waals surface area contributed by atoms with Crippen LogP contribution in [0, 0.1) is 0 Å². The van der Waals surface area contributed by atoms with E-state index >= 15 is 0 Å². The van der Waals surface area contributed by atoms with Crippen molar-refractivity contribution < 1.29 is 28.6 Å². The first kappa shape index (κ1) is 56.5. The molecule has 2 atom stereocenters. The third kappa shape index (κ3) is 25.3. The Balaban J connectivity index is 1.51. The highest BCUT2D eigenvalue weighted by Crippen LogP contribution is 2.44. The van der Waals surface area contributed by atoms with E-state index in [1.165, 1.54) is 135 Å². The van der Waals surface area contributed by atoms with Crippen molar-refractivity contribution in [3.63, 3.8) is 0 Å². The molecule has 1 N–H and O–H groups in total. The molecule has 0 radical (unpaired) electrons. The number of hydrogen-bond donors (Lipinski definition) is 1. The molecule has 0 fully saturated rings. The second-order valence-corrected chi connectivity index (χ2v) is 20.0. The highest BCUT2D eigenvalue weighted by Gasteiger charge is 2.32. The summed E-state index contributed by atoms with van der Waals surface area (Å²) in [5, 5.41) is 2.71. The van der Waals surface area contributed by atoms with Gasteiger partial charge in [0.15, 0.2) is 0 Å². The predicted molar refractivity (Wildman–Crippen MR) is 276 cm³/mol. The average Bonchev–Trinajstić information content (AvgIpc) is 3.61. The summed E-state index contributed by atoms with van der Waals surface area (Å²) in [5.41, 5.74) is 3.72. The molecule has 0 heterocycles. The number of ether oxygens (including phenoxy) is 3. The van der Waals surface area contributed by atoms with Crippen molar-refractivity contribution in [1.82, 2.24) is 5.32 Å². The first-order valence-electron chi connectivity index (χ1n) is 27.0. The van der Waals surface area contributed by atoms with Crippen molar-refractivity contribution in [2.45, 2.75) is 251 Å². The van der Waals surface area contributed by atoms with E-state index in [9.17, 15) is 14.4 Å². The fourth-order valence-corrected chi connectivity index (χ4v) is 9.10. The normalized spacial score (nSPS) is 13.5. The second kappa shape index (κ2) is 35.3. The first-order chi connectivity index (χ1) is 32.1. The number of carbonyl (C=O) groups excluding carboxylic acids is 3. The molecule has 1 aliphatic carbocycles. The highest BCUT2D eigenvalue weighted by molar-refractivity contribution is 5.86. The topological polar surface area (TPSA) is 90.9 Å². The van der Waals surface area contributed by atoms with E-state index < -0.39 is 29.7 Å². The summed E-state index contributed by atoms with van der Waals surface area (Å²) in [6.07, 6.45) is 43.0. The van der Waals surface area contributed by atoms with Crippen LogP contribution in [0.3, 0.4) is 0 Å². The third-order valence-electron chi connectivity index (χ3n) is 12.8. The first-order valence-corrected chi connectivity index (χ1v) is 27.0. The fraction of sp³-hybridized carbons (Fsp3) is 0.678. The fourth-order valence-electron chi connectivity index (χ4n) is 9.10. The zero-order chi connectivity index (χ0) is 47.5. The number of unbranched alkanes of at least 4 members (excludes halogenated alkanes) is 23. The molecule has 370 valence electrons. The van der Waals surface area contributed by atoms with Gasteiger partial charge in [0.25, 0.3) is 0 Å². The Labute approximate surface area is 403 Å². The van der Waals surface area contributed by atoms with Crippen LogP contribution in [0.2, 0.25) is 0 Å². The van der Waals surface area contributed by atoms with Gasteiger partial charge < -0.3 is 19.5 Å². The molecular formula is C59H93NO6. The predicted octanol–water partition coefficient (Wildman–Crippen LogP) is 17.0. The molecule has 0 spiro atoms. The van der Waals surface area contributed by atoms with Gasteiger partial charge in [0.2, 0.25) is 0 Å². The molecule has 0 aromatic heterocycles. The van der Waals surface area contributed by atoms with E-state index in [-0.39, 0.29) is 25.0 Å². The zero-order valence-electron chi connectivity index (χ0n) is 42.5. The summed E-state index contributed by atoms with van der Waals surface area (Å²) in [6.45, 7) is 10.00. The maximum absolute atomic E-state index is 14.0. The van der Waals surface area contributed by atoms with Gasteiger partial charge in [-0.1, -0.05) is 196 Å². The number of nitrogens with one attached hydrogen (secondary N) is 1. The van der Waals surface area contributed by atoms with Gasteiger partial charge in [-0.25, -0.2) is 9.59 Å². The Kier molecular flexibility index (Phi) is 30.2. The highest BCUT2D eigenvalue weighted by atomic mass is 16.6. The van der Waals surface area contributed by atoms with Crippen LogP contribution in [0.15, 0.2) is 72.8 Å². The van der Waals surface area contributed by atoms with E-state index in [2.05, 4.69) is 67.7 Å². The van der Waals surface area contributed by atoms with Crippen LogP contribution in [0.5, 0.6) is 0 Å². The van der Waals surface area contributed by atoms with Gasteiger partial charge in [-0.3, -0.25) is 4.79 Å². The van der Waals surface area contributed by atoms with E-state index in [0.717, 1.165) is 73.6 Å². The molecule has 0 aliphatic heterocycles. The van der Waals surface area contributed by atoms with Crippen molar-refractivity contribution in [1.29, 1.82) is 0 Å². The number of rotatable bonds is 38. The van der Waals surface area contributed by atoms with Gasteiger partial charge >= 0.3 is 18.0 Å². The Morgan fingerprint density at radius 3 is 1.38 bits per heavy atom. The Morgan fingerprint density at radius 1 is 0.561 bits per heavy atom. The van der Waals surface area contributed by atoms with Gasteiger partial charge in [0.05, 0.1) is 6.42 Å². The smallest absolute Gasteiger partial charge is 0.407 e. The summed E-state index contributed by atoms with van der Waals surface area (Å²) in [6, 6.07) is 15.1. The largest absolute Gasteiger partial charge is 0.461 e. The lowest BCUT2D eigenvalue weighted by molar-refractivity contribution is -0.161. The lowest BCUT2D eigenvalue weighted by Gasteiger charge is -2.24. The Bertz CT molecular complexity index is 1610. The molecule has 2 aromatic rings. The van der Waals surface area contributed by atoms with Crippen LogP contribution < -0.4 is 5.32 Å². The molecule has 0 saturated heterocycles. The number of fused-ring (bicyclic) bond motifs is 3. The summed E-state index contributed by atoms with van der Waals surface area (Å²) >= 11 is 0. The summed E-state index contributed by atoms with van der Waals surface area (Å²) in [7, 11) is 0. The van der Waals surface area contributed by atoms with E-state index in [1.807, 2.05) is 24.3 Å². The van der Waals surface area contributed by atoms with Gasteiger partial charge in [0.1, 0.15) is 24.4 Å². The number of esters is 2. The van der Waals surface area contributed by atoms with Crippen molar-refractivity contribution in [3.05, 3.63) is 84.0 Å². The number of benzene rings is 2. The Morgan fingerprint density at radius 2 is 0.955 bits per heavy atom. The molecule has 7 nitrogen and oxygen atoms in total. The van der Waals surface area contributed by atoms with E-state index in [1.54, 1.807) is 20.8 Å². The second-order valence-electron chi connectivity index (χ2n) is 20.0. The van der Waals surface area contributed by atoms with Gasteiger partial charge in [-0.05, 0) is 120 Å². The summed E-state index contributed by atoms with van der Waals surface area (Å²) in [5.74, 6) is -1.33. The lowest BCUT2D eigenvalue weighted by Crippen LogP contribution is -2.45. The Hall–Kier alpha value is -3.87. The minimum absolute atomic E-state index is 0.0993. The van der Waals surface area contributed by atoms with Crippen LogP contribution in [-0.2, 0) is 23.8 Å². The molecular weight excluding hydrogens is 819 g/mol. The maximum atomic E-state index is 14.0. The SMILES string of the molecule is CCCCCCCC/C=C\CCCCCCCCC(CCCCCCC/C=C\CCCCCCCC)OC(=O)C(CC(=O)OC(C)(C)C)NC(=O)OCC1c2ccccc2-c2ccccc21. The number of carbonyl (C=O) groups is 3. The van der Waals surface area contributed by atoms with Gasteiger partial charge in [-0.2, -0.15) is 0 Å². The van der Waals surface area contributed by atoms with Gasteiger partial charge in [0, 0.05) is 5.92 Å². The van der Waals surface area contributed by atoms with E-state index in [4.69, 9.17) is 14.2 Å². The minimum atomic E-state index is -1.23. The zero-order valence-corrected chi connectivity index (χ0v) is 42.5. The molecule has 66 heavy (non-hydrogen) atoms. The standard InChI is InChI=1S/C59H93NO6/c1-6-8-10-12-14-16-18-20-22-24-26-28-30-32-34-36-42-49(41-35-33-31-29-27-25-23-21-19-17-15-13-11-9-7-2)65-57(62)55(47-56(61)66-59(3,4)5)60-58(63)64-48-54-52-45-39-37-43-50(52)51-44-38-40-46-53(51)54/h20-23,37-40,43-46,49,54-55H,6-19,24-36,41-42,47-48H2,1-5H3,(H,60,63)/b22-20-,23-21-.